The molecule has 1 aliphatic carbocycles. The number of nitrogens with one attached hydrogen (secondary N) is 1. The first-order valence-corrected chi connectivity index (χ1v) is 8.10. The lowest BCUT2D eigenvalue weighted by Crippen LogP contribution is -2.31. The molecule has 1 saturated carbocycles. The molecule has 4 heteroatoms. The van der Waals surface area contributed by atoms with Gasteiger partial charge in [0.05, 0.1) is 18.3 Å². The third kappa shape index (κ3) is 4.55. The molecular formula is C16H24BrNO2. The van der Waals surface area contributed by atoms with E-state index < -0.39 is 0 Å². The average molecular weight is 342 g/mol. The van der Waals surface area contributed by atoms with E-state index in [-0.39, 0.29) is 6.10 Å². The normalized spacial score (nSPS) is 24.6. The zero-order valence-electron chi connectivity index (χ0n) is 12.3. The molecule has 1 fully saturated rings. The van der Waals surface area contributed by atoms with Gasteiger partial charge in [0.1, 0.15) is 0 Å². The number of methoxy groups -OCH3 is 1. The van der Waals surface area contributed by atoms with E-state index in [1.165, 1.54) is 12.0 Å². The summed E-state index contributed by atoms with van der Waals surface area (Å²) < 4.78 is 12.9. The van der Waals surface area contributed by atoms with E-state index in [0.717, 1.165) is 30.3 Å². The number of benzene rings is 1. The quantitative estimate of drug-likeness (QED) is 0.855. The summed E-state index contributed by atoms with van der Waals surface area (Å²) in [5.74, 6) is 0. The van der Waals surface area contributed by atoms with E-state index in [2.05, 4.69) is 45.5 Å². The van der Waals surface area contributed by atoms with Crippen molar-refractivity contribution in [2.24, 2.45) is 0 Å². The summed E-state index contributed by atoms with van der Waals surface area (Å²) in [5, 5.41) is 3.23. The third-order valence-electron chi connectivity index (χ3n) is 3.90. The molecule has 3 nitrogen and oxygen atoms in total. The van der Waals surface area contributed by atoms with Crippen LogP contribution in [0.4, 0.5) is 0 Å². The van der Waals surface area contributed by atoms with Gasteiger partial charge in [-0.15, -0.1) is 0 Å². The van der Waals surface area contributed by atoms with Crippen molar-refractivity contribution in [2.75, 3.05) is 20.7 Å². The van der Waals surface area contributed by atoms with Crippen LogP contribution in [0.25, 0.3) is 0 Å². The Morgan fingerprint density at radius 3 is 2.60 bits per heavy atom. The Kier molecular flexibility index (Phi) is 6.49. The van der Waals surface area contributed by atoms with E-state index in [9.17, 15) is 0 Å². The lowest BCUT2D eigenvalue weighted by atomic mass is 9.94. The summed E-state index contributed by atoms with van der Waals surface area (Å²) >= 11 is 3.48. The van der Waals surface area contributed by atoms with E-state index in [0.29, 0.717) is 12.2 Å². The van der Waals surface area contributed by atoms with Crippen molar-refractivity contribution in [2.45, 2.75) is 44.0 Å². The van der Waals surface area contributed by atoms with Crippen LogP contribution in [0.2, 0.25) is 0 Å². The number of rotatable bonds is 6. The van der Waals surface area contributed by atoms with Gasteiger partial charge in [-0.3, -0.25) is 0 Å². The second-order valence-corrected chi connectivity index (χ2v) is 6.30. The number of likely N-dealkylation sites (N-methyl/N-ethyl adjacent to an activating group) is 1. The molecule has 0 aliphatic heterocycles. The van der Waals surface area contributed by atoms with Crippen LogP contribution >= 0.6 is 15.9 Å². The third-order valence-corrected chi connectivity index (χ3v) is 4.43. The van der Waals surface area contributed by atoms with Gasteiger partial charge < -0.3 is 14.8 Å². The Bertz CT molecular complexity index is 396. The van der Waals surface area contributed by atoms with Gasteiger partial charge in [-0.1, -0.05) is 28.1 Å². The first-order valence-electron chi connectivity index (χ1n) is 7.31. The topological polar surface area (TPSA) is 30.5 Å². The minimum atomic E-state index is 0.105. The predicted octanol–water partition coefficient (Wildman–Crippen LogP) is 3.68. The Labute approximate surface area is 130 Å². The molecule has 0 bridgehead atoms. The zero-order chi connectivity index (χ0) is 14.4. The van der Waals surface area contributed by atoms with Gasteiger partial charge in [0.15, 0.2) is 0 Å². The predicted molar refractivity (Wildman–Crippen MR) is 84.9 cm³/mol. The van der Waals surface area contributed by atoms with E-state index >= 15 is 0 Å². The molecule has 0 amide bonds. The lowest BCUT2D eigenvalue weighted by Gasteiger charge is -2.31. The molecule has 1 aromatic rings. The van der Waals surface area contributed by atoms with Gasteiger partial charge in [0.2, 0.25) is 0 Å². The second kappa shape index (κ2) is 8.13. The van der Waals surface area contributed by atoms with Crippen molar-refractivity contribution >= 4 is 15.9 Å². The highest BCUT2D eigenvalue weighted by Crippen LogP contribution is 2.28. The molecule has 0 heterocycles. The van der Waals surface area contributed by atoms with E-state index in [4.69, 9.17) is 9.47 Å². The number of hydrogen-bond donors (Lipinski definition) is 1. The summed E-state index contributed by atoms with van der Waals surface area (Å²) in [6.07, 6.45) is 5.25. The molecule has 0 aromatic heterocycles. The Hall–Kier alpha value is -0.420. The summed E-state index contributed by atoms with van der Waals surface area (Å²) in [4.78, 5) is 0. The molecule has 0 radical (unpaired) electrons. The SMILES string of the molecule is CNCC(OC1CCCC(OC)C1)c1ccc(Br)cc1. The van der Waals surface area contributed by atoms with Crippen LogP contribution in [0.15, 0.2) is 28.7 Å². The lowest BCUT2D eigenvalue weighted by molar-refractivity contribution is -0.0651. The number of hydrogen-bond acceptors (Lipinski definition) is 3. The van der Waals surface area contributed by atoms with Crippen LogP contribution in [-0.4, -0.2) is 32.9 Å². The minimum Gasteiger partial charge on any atom is -0.381 e. The van der Waals surface area contributed by atoms with Gasteiger partial charge in [-0.05, 0) is 50.4 Å². The molecule has 3 unspecified atom stereocenters. The summed E-state index contributed by atoms with van der Waals surface area (Å²) in [6, 6.07) is 8.39. The first-order chi connectivity index (χ1) is 9.72. The second-order valence-electron chi connectivity index (χ2n) is 5.38. The van der Waals surface area contributed by atoms with Crippen molar-refractivity contribution in [3.05, 3.63) is 34.3 Å². The highest BCUT2D eigenvalue weighted by atomic mass is 79.9. The van der Waals surface area contributed by atoms with Crippen molar-refractivity contribution in [1.29, 1.82) is 0 Å². The van der Waals surface area contributed by atoms with Crippen LogP contribution < -0.4 is 5.32 Å². The Morgan fingerprint density at radius 2 is 1.95 bits per heavy atom. The molecule has 2 rings (SSSR count). The van der Waals surface area contributed by atoms with Gasteiger partial charge in [-0.25, -0.2) is 0 Å². The maximum absolute atomic E-state index is 6.33. The van der Waals surface area contributed by atoms with Crippen molar-refractivity contribution in [3.63, 3.8) is 0 Å². The molecule has 0 spiro atoms. The molecule has 1 aliphatic rings. The van der Waals surface area contributed by atoms with Crippen LogP contribution in [0, 0.1) is 0 Å². The zero-order valence-corrected chi connectivity index (χ0v) is 13.9. The largest absolute Gasteiger partial charge is 0.381 e. The maximum Gasteiger partial charge on any atom is 0.0952 e. The molecule has 0 saturated heterocycles. The maximum atomic E-state index is 6.33. The molecule has 112 valence electrons. The number of halogens is 1. The van der Waals surface area contributed by atoms with Crippen LogP contribution in [-0.2, 0) is 9.47 Å². The van der Waals surface area contributed by atoms with Gasteiger partial charge in [0.25, 0.3) is 0 Å². The van der Waals surface area contributed by atoms with E-state index in [1.54, 1.807) is 7.11 Å². The van der Waals surface area contributed by atoms with Crippen molar-refractivity contribution < 1.29 is 9.47 Å². The summed E-state index contributed by atoms with van der Waals surface area (Å²) in [6.45, 7) is 0.829. The monoisotopic (exact) mass is 341 g/mol. The fraction of sp³-hybridized carbons (Fsp3) is 0.625. The summed E-state index contributed by atoms with van der Waals surface area (Å²) in [5.41, 5.74) is 1.22. The van der Waals surface area contributed by atoms with Crippen molar-refractivity contribution in [3.8, 4) is 0 Å². The fourth-order valence-corrected chi connectivity index (χ4v) is 3.04. The van der Waals surface area contributed by atoms with Gasteiger partial charge in [-0.2, -0.15) is 0 Å². The Morgan fingerprint density at radius 1 is 1.25 bits per heavy atom. The van der Waals surface area contributed by atoms with Crippen molar-refractivity contribution in [1.82, 2.24) is 5.32 Å². The molecular weight excluding hydrogens is 318 g/mol. The first kappa shape index (κ1) is 16.0. The highest BCUT2D eigenvalue weighted by Gasteiger charge is 2.25. The van der Waals surface area contributed by atoms with E-state index in [1.807, 2.05) is 7.05 Å². The van der Waals surface area contributed by atoms with Gasteiger partial charge in [0, 0.05) is 18.1 Å². The summed E-state index contributed by atoms with van der Waals surface area (Å²) in [7, 11) is 3.76. The molecule has 20 heavy (non-hydrogen) atoms. The standard InChI is InChI=1S/C16H24BrNO2/c1-18-11-16(12-6-8-13(17)9-7-12)20-15-5-3-4-14(10-15)19-2/h6-9,14-16,18H,3-5,10-11H2,1-2H3. The fourth-order valence-electron chi connectivity index (χ4n) is 2.78. The molecule has 3 atom stereocenters. The van der Waals surface area contributed by atoms with Crippen LogP contribution in [0.5, 0.6) is 0 Å². The van der Waals surface area contributed by atoms with Gasteiger partial charge >= 0.3 is 0 Å². The minimum absolute atomic E-state index is 0.105. The smallest absolute Gasteiger partial charge is 0.0952 e. The number of ether oxygens (including phenoxy) is 2. The van der Waals surface area contributed by atoms with Crippen LogP contribution in [0.3, 0.4) is 0 Å². The molecule has 1 aromatic carbocycles. The highest BCUT2D eigenvalue weighted by molar-refractivity contribution is 9.10. The molecule has 1 N–H and O–H groups in total. The average Bonchev–Trinajstić information content (AvgIpc) is 2.48. The Balaban J connectivity index is 1.99. The van der Waals surface area contributed by atoms with Crippen LogP contribution in [0.1, 0.15) is 37.4 Å².